The minimum atomic E-state index is -0.513. The SMILES string of the molecule is CC[C@H](CO)NC(=S)Nc1cc([N+](=O)[O-])ccc1Cl. The molecular formula is C11H14ClN3O3S. The van der Waals surface area contributed by atoms with Gasteiger partial charge in [-0.15, -0.1) is 0 Å². The van der Waals surface area contributed by atoms with Crippen molar-refractivity contribution in [1.82, 2.24) is 5.32 Å². The fourth-order valence-electron chi connectivity index (χ4n) is 1.34. The first-order valence-corrected chi connectivity index (χ1v) is 6.38. The summed E-state index contributed by atoms with van der Waals surface area (Å²) < 4.78 is 0. The van der Waals surface area contributed by atoms with Crippen molar-refractivity contribution in [3.8, 4) is 0 Å². The number of anilines is 1. The molecule has 0 fully saturated rings. The summed E-state index contributed by atoms with van der Waals surface area (Å²) >= 11 is 11.0. The van der Waals surface area contributed by atoms with Gasteiger partial charge in [-0.3, -0.25) is 10.1 Å². The summed E-state index contributed by atoms with van der Waals surface area (Å²) in [4.78, 5) is 10.2. The zero-order valence-corrected chi connectivity index (χ0v) is 11.8. The number of rotatable bonds is 5. The second-order valence-corrected chi connectivity index (χ2v) is 4.62. The normalized spacial score (nSPS) is 11.7. The van der Waals surface area contributed by atoms with Crippen LogP contribution in [0.25, 0.3) is 0 Å². The van der Waals surface area contributed by atoms with Crippen molar-refractivity contribution in [2.45, 2.75) is 19.4 Å². The highest BCUT2D eigenvalue weighted by molar-refractivity contribution is 7.80. The van der Waals surface area contributed by atoms with Crippen LogP contribution in [0.1, 0.15) is 13.3 Å². The van der Waals surface area contributed by atoms with E-state index in [0.717, 1.165) is 0 Å². The average Bonchev–Trinajstić information content (AvgIpc) is 2.38. The quantitative estimate of drug-likeness (QED) is 0.439. The average molecular weight is 304 g/mol. The Morgan fingerprint density at radius 1 is 1.63 bits per heavy atom. The molecule has 0 unspecified atom stereocenters. The maximum Gasteiger partial charge on any atom is 0.271 e. The fraction of sp³-hybridized carbons (Fsp3) is 0.364. The predicted octanol–water partition coefficient (Wildman–Crippen LogP) is 2.31. The van der Waals surface area contributed by atoms with E-state index in [2.05, 4.69) is 10.6 Å². The number of halogens is 1. The number of nitro benzene ring substituents is 1. The molecule has 0 amide bonds. The zero-order valence-electron chi connectivity index (χ0n) is 10.2. The van der Waals surface area contributed by atoms with Crippen molar-refractivity contribution >= 4 is 40.3 Å². The van der Waals surface area contributed by atoms with Gasteiger partial charge in [-0.25, -0.2) is 0 Å². The summed E-state index contributed by atoms with van der Waals surface area (Å²) in [5, 5.41) is 26.0. The van der Waals surface area contributed by atoms with Gasteiger partial charge in [-0.1, -0.05) is 18.5 Å². The molecule has 1 atom stereocenters. The van der Waals surface area contributed by atoms with Crippen LogP contribution in [0.2, 0.25) is 5.02 Å². The molecule has 19 heavy (non-hydrogen) atoms. The zero-order chi connectivity index (χ0) is 14.4. The number of non-ortho nitro benzene ring substituents is 1. The third kappa shape index (κ3) is 4.62. The Kier molecular flexibility index (Phi) is 5.94. The molecule has 0 aromatic heterocycles. The molecule has 6 nitrogen and oxygen atoms in total. The van der Waals surface area contributed by atoms with Gasteiger partial charge in [0.05, 0.1) is 28.3 Å². The summed E-state index contributed by atoms with van der Waals surface area (Å²) in [7, 11) is 0. The molecule has 0 aliphatic heterocycles. The third-order valence-corrected chi connectivity index (χ3v) is 3.01. The fourth-order valence-corrected chi connectivity index (χ4v) is 1.78. The van der Waals surface area contributed by atoms with Crippen molar-refractivity contribution in [3.05, 3.63) is 33.3 Å². The van der Waals surface area contributed by atoms with Gasteiger partial charge in [-0.05, 0) is 24.7 Å². The first-order chi connectivity index (χ1) is 8.97. The maximum atomic E-state index is 10.7. The number of nitrogens with zero attached hydrogens (tertiary/aromatic N) is 1. The van der Waals surface area contributed by atoms with Gasteiger partial charge < -0.3 is 15.7 Å². The molecule has 1 aromatic carbocycles. The van der Waals surface area contributed by atoms with Crippen LogP contribution in [-0.4, -0.2) is 27.8 Å². The topological polar surface area (TPSA) is 87.4 Å². The second-order valence-electron chi connectivity index (χ2n) is 3.81. The summed E-state index contributed by atoms with van der Waals surface area (Å²) in [6.45, 7) is 1.85. The van der Waals surface area contributed by atoms with E-state index in [0.29, 0.717) is 17.1 Å². The molecule has 8 heteroatoms. The Balaban J connectivity index is 2.78. The van der Waals surface area contributed by atoms with Gasteiger partial charge in [0.25, 0.3) is 5.69 Å². The Morgan fingerprint density at radius 2 is 2.32 bits per heavy atom. The van der Waals surface area contributed by atoms with Crippen LogP contribution in [0.3, 0.4) is 0 Å². The number of aliphatic hydroxyl groups excluding tert-OH is 1. The van der Waals surface area contributed by atoms with Crippen molar-refractivity contribution < 1.29 is 10.0 Å². The molecule has 0 radical (unpaired) electrons. The van der Waals surface area contributed by atoms with E-state index in [-0.39, 0.29) is 23.4 Å². The van der Waals surface area contributed by atoms with E-state index in [1.165, 1.54) is 18.2 Å². The van der Waals surface area contributed by atoms with Gasteiger partial charge in [-0.2, -0.15) is 0 Å². The van der Waals surface area contributed by atoms with Gasteiger partial charge in [0.2, 0.25) is 0 Å². The van der Waals surface area contributed by atoms with Crippen molar-refractivity contribution in [1.29, 1.82) is 0 Å². The molecule has 104 valence electrons. The van der Waals surface area contributed by atoms with Crippen molar-refractivity contribution in [2.24, 2.45) is 0 Å². The largest absolute Gasteiger partial charge is 0.394 e. The van der Waals surface area contributed by atoms with Gasteiger partial charge in [0.15, 0.2) is 5.11 Å². The van der Waals surface area contributed by atoms with Crippen molar-refractivity contribution in [3.63, 3.8) is 0 Å². The lowest BCUT2D eigenvalue weighted by atomic mass is 10.2. The molecule has 0 heterocycles. The summed E-state index contributed by atoms with van der Waals surface area (Å²) in [6, 6.07) is 3.87. The van der Waals surface area contributed by atoms with Crippen LogP contribution in [0.15, 0.2) is 18.2 Å². The smallest absolute Gasteiger partial charge is 0.271 e. The highest BCUT2D eigenvalue weighted by Crippen LogP contribution is 2.26. The van der Waals surface area contributed by atoms with Gasteiger partial charge in [0.1, 0.15) is 0 Å². The number of aliphatic hydroxyl groups is 1. The highest BCUT2D eigenvalue weighted by Gasteiger charge is 2.12. The van der Waals surface area contributed by atoms with Crippen molar-refractivity contribution in [2.75, 3.05) is 11.9 Å². The summed E-state index contributed by atoms with van der Waals surface area (Å²) in [6.07, 6.45) is 0.695. The Bertz CT molecular complexity index is 480. The number of hydrogen-bond acceptors (Lipinski definition) is 4. The number of hydrogen-bond donors (Lipinski definition) is 3. The monoisotopic (exact) mass is 303 g/mol. The Morgan fingerprint density at radius 3 is 2.84 bits per heavy atom. The molecule has 1 aromatic rings. The van der Waals surface area contributed by atoms with E-state index < -0.39 is 4.92 Å². The van der Waals surface area contributed by atoms with Gasteiger partial charge in [0, 0.05) is 12.1 Å². The van der Waals surface area contributed by atoms with Crippen LogP contribution in [0.4, 0.5) is 11.4 Å². The lowest BCUT2D eigenvalue weighted by Gasteiger charge is -2.17. The first-order valence-electron chi connectivity index (χ1n) is 5.60. The first kappa shape index (κ1) is 15.6. The molecule has 0 spiro atoms. The van der Waals surface area contributed by atoms with Crippen LogP contribution in [0.5, 0.6) is 0 Å². The molecule has 0 aliphatic rings. The lowest BCUT2D eigenvalue weighted by molar-refractivity contribution is -0.384. The Labute approximate surface area is 120 Å². The standard InChI is InChI=1S/C11H14ClN3O3S/c1-2-7(6-16)13-11(19)14-10-5-8(15(17)18)3-4-9(10)12/h3-5,7,16H,2,6H2,1H3,(H2,13,14,19)/t7-/m1/s1. The maximum absolute atomic E-state index is 10.7. The molecule has 0 aliphatic carbocycles. The van der Waals surface area contributed by atoms with Crippen LogP contribution < -0.4 is 10.6 Å². The lowest BCUT2D eigenvalue weighted by Crippen LogP contribution is -2.39. The van der Waals surface area contributed by atoms with Crippen LogP contribution in [-0.2, 0) is 0 Å². The molecular weight excluding hydrogens is 290 g/mol. The summed E-state index contributed by atoms with van der Waals surface area (Å²) in [5.41, 5.74) is 0.269. The minimum Gasteiger partial charge on any atom is -0.394 e. The second kappa shape index (κ2) is 7.22. The molecule has 1 rings (SSSR count). The van der Waals surface area contributed by atoms with E-state index in [4.69, 9.17) is 28.9 Å². The molecule has 0 saturated carbocycles. The Hall–Kier alpha value is -1.44. The van der Waals surface area contributed by atoms with Crippen LogP contribution in [0, 0.1) is 10.1 Å². The van der Waals surface area contributed by atoms with E-state index in [1.54, 1.807) is 0 Å². The minimum absolute atomic E-state index is 0.0546. The number of nitro groups is 1. The molecule has 0 saturated heterocycles. The molecule has 0 bridgehead atoms. The van der Waals surface area contributed by atoms with E-state index in [1.807, 2.05) is 6.92 Å². The predicted molar refractivity (Wildman–Crippen MR) is 78.6 cm³/mol. The number of benzene rings is 1. The number of nitrogens with one attached hydrogen (secondary N) is 2. The summed E-state index contributed by atoms with van der Waals surface area (Å²) in [5.74, 6) is 0. The number of thiocarbonyl (C=S) groups is 1. The third-order valence-electron chi connectivity index (χ3n) is 2.46. The molecule has 3 N–H and O–H groups in total. The highest BCUT2D eigenvalue weighted by atomic mass is 35.5. The van der Waals surface area contributed by atoms with Gasteiger partial charge >= 0.3 is 0 Å². The van der Waals surface area contributed by atoms with Crippen LogP contribution >= 0.6 is 23.8 Å². The van der Waals surface area contributed by atoms with E-state index in [9.17, 15) is 10.1 Å². The van der Waals surface area contributed by atoms with E-state index >= 15 is 0 Å².